The lowest BCUT2D eigenvalue weighted by Crippen LogP contribution is -1.88. The molecule has 0 saturated heterocycles. The normalized spacial score (nSPS) is 13.7. The standard InChI is InChI=1S/C10H8ClIO/c1-2-6-7-3-4-13-10(7)8(11)5-9(6)12/h2,5H,1,3-4H2. The van der Waals surface area contributed by atoms with Gasteiger partial charge in [0.25, 0.3) is 0 Å². The van der Waals surface area contributed by atoms with Crippen LogP contribution in [0.15, 0.2) is 12.6 Å². The van der Waals surface area contributed by atoms with Crippen LogP contribution >= 0.6 is 34.2 Å². The molecule has 13 heavy (non-hydrogen) atoms. The smallest absolute Gasteiger partial charge is 0.141 e. The summed E-state index contributed by atoms with van der Waals surface area (Å²) in [7, 11) is 0. The second-order valence-electron chi connectivity index (χ2n) is 2.86. The van der Waals surface area contributed by atoms with Gasteiger partial charge in [-0.25, -0.2) is 0 Å². The van der Waals surface area contributed by atoms with Crippen LogP contribution in [-0.2, 0) is 6.42 Å². The molecule has 0 fully saturated rings. The Kier molecular flexibility index (Phi) is 2.51. The van der Waals surface area contributed by atoms with E-state index in [0.29, 0.717) is 5.02 Å². The summed E-state index contributed by atoms with van der Waals surface area (Å²) in [6.45, 7) is 4.53. The van der Waals surface area contributed by atoms with E-state index in [1.54, 1.807) is 0 Å². The third kappa shape index (κ3) is 1.46. The zero-order valence-electron chi connectivity index (χ0n) is 6.94. The maximum atomic E-state index is 6.04. The first-order valence-corrected chi connectivity index (χ1v) is 5.46. The molecule has 0 spiro atoms. The van der Waals surface area contributed by atoms with E-state index in [1.807, 2.05) is 12.1 Å². The van der Waals surface area contributed by atoms with Crippen LogP contribution in [0.5, 0.6) is 5.75 Å². The summed E-state index contributed by atoms with van der Waals surface area (Å²) in [6.07, 6.45) is 2.80. The predicted molar refractivity (Wildman–Crippen MR) is 63.5 cm³/mol. The van der Waals surface area contributed by atoms with E-state index < -0.39 is 0 Å². The summed E-state index contributed by atoms with van der Waals surface area (Å²) >= 11 is 8.31. The van der Waals surface area contributed by atoms with Gasteiger partial charge in [-0.15, -0.1) is 0 Å². The molecule has 0 aromatic heterocycles. The van der Waals surface area contributed by atoms with E-state index in [4.69, 9.17) is 16.3 Å². The first-order chi connectivity index (χ1) is 6.24. The molecule has 1 aromatic carbocycles. The largest absolute Gasteiger partial charge is 0.491 e. The van der Waals surface area contributed by atoms with Gasteiger partial charge < -0.3 is 4.74 Å². The van der Waals surface area contributed by atoms with Crippen LogP contribution in [-0.4, -0.2) is 6.61 Å². The van der Waals surface area contributed by atoms with Crippen molar-refractivity contribution in [1.82, 2.24) is 0 Å². The van der Waals surface area contributed by atoms with Crippen molar-refractivity contribution >= 4 is 40.3 Å². The summed E-state index contributed by atoms with van der Waals surface area (Å²) < 4.78 is 6.58. The van der Waals surface area contributed by atoms with Gasteiger partial charge in [0.2, 0.25) is 0 Å². The van der Waals surface area contributed by atoms with Crippen molar-refractivity contribution in [3.05, 3.63) is 32.4 Å². The Morgan fingerprint density at radius 1 is 1.62 bits per heavy atom. The highest BCUT2D eigenvalue weighted by Gasteiger charge is 2.20. The monoisotopic (exact) mass is 306 g/mol. The second-order valence-corrected chi connectivity index (χ2v) is 4.43. The molecule has 0 bridgehead atoms. The summed E-state index contributed by atoms with van der Waals surface area (Å²) in [5.41, 5.74) is 2.37. The highest BCUT2D eigenvalue weighted by atomic mass is 127. The van der Waals surface area contributed by atoms with E-state index in [9.17, 15) is 0 Å². The summed E-state index contributed by atoms with van der Waals surface area (Å²) in [5.74, 6) is 0.844. The van der Waals surface area contributed by atoms with Gasteiger partial charge in [-0.05, 0) is 34.2 Å². The zero-order chi connectivity index (χ0) is 9.42. The summed E-state index contributed by atoms with van der Waals surface area (Å²) in [5, 5.41) is 0.711. The van der Waals surface area contributed by atoms with Crippen LogP contribution in [0, 0.1) is 3.57 Å². The molecule has 1 aromatic rings. The molecule has 0 saturated carbocycles. The highest BCUT2D eigenvalue weighted by molar-refractivity contribution is 14.1. The molecule has 0 N–H and O–H groups in total. The third-order valence-electron chi connectivity index (χ3n) is 2.13. The predicted octanol–water partition coefficient (Wildman–Crippen LogP) is 3.52. The third-order valence-corrected chi connectivity index (χ3v) is 3.30. The van der Waals surface area contributed by atoms with Crippen LogP contribution in [0.3, 0.4) is 0 Å². The molecular formula is C10H8ClIO. The van der Waals surface area contributed by atoms with Gasteiger partial charge >= 0.3 is 0 Å². The fourth-order valence-electron chi connectivity index (χ4n) is 1.55. The maximum Gasteiger partial charge on any atom is 0.141 e. The fraction of sp³-hybridized carbons (Fsp3) is 0.200. The number of halogens is 2. The van der Waals surface area contributed by atoms with Gasteiger partial charge in [0.05, 0.1) is 11.6 Å². The Labute approximate surface area is 95.9 Å². The molecule has 1 nitrogen and oxygen atoms in total. The Morgan fingerprint density at radius 3 is 3.08 bits per heavy atom. The van der Waals surface area contributed by atoms with E-state index in [1.165, 1.54) is 5.56 Å². The van der Waals surface area contributed by atoms with E-state index in [2.05, 4.69) is 29.2 Å². The van der Waals surface area contributed by atoms with Gasteiger partial charge in [-0.1, -0.05) is 24.3 Å². The minimum atomic E-state index is 0.711. The lowest BCUT2D eigenvalue weighted by molar-refractivity contribution is 0.357. The Bertz CT molecular complexity index is 374. The average molecular weight is 307 g/mol. The molecule has 3 heteroatoms. The van der Waals surface area contributed by atoms with Crippen molar-refractivity contribution in [2.75, 3.05) is 6.61 Å². The van der Waals surface area contributed by atoms with Crippen molar-refractivity contribution in [2.24, 2.45) is 0 Å². The summed E-state index contributed by atoms with van der Waals surface area (Å²) in [4.78, 5) is 0. The van der Waals surface area contributed by atoms with Gasteiger partial charge in [-0.2, -0.15) is 0 Å². The minimum absolute atomic E-state index is 0.711. The Balaban J connectivity index is 2.71. The van der Waals surface area contributed by atoms with Crippen LogP contribution in [0.1, 0.15) is 11.1 Å². The van der Waals surface area contributed by atoms with Gasteiger partial charge in [0.15, 0.2) is 0 Å². The molecule has 68 valence electrons. The number of rotatable bonds is 1. The second kappa shape index (κ2) is 3.50. The number of hydrogen-bond donors (Lipinski definition) is 0. The lowest BCUT2D eigenvalue weighted by atomic mass is 10.1. The topological polar surface area (TPSA) is 9.23 Å². The highest BCUT2D eigenvalue weighted by Crippen LogP contribution is 2.38. The molecule has 0 atom stereocenters. The Hall–Kier alpha value is -0.220. The van der Waals surface area contributed by atoms with Crippen LogP contribution < -0.4 is 4.74 Å². The molecule has 0 amide bonds. The SMILES string of the molecule is C=Cc1c(I)cc(Cl)c2c1CCO2. The van der Waals surface area contributed by atoms with Crippen molar-refractivity contribution < 1.29 is 4.74 Å². The molecule has 1 aliphatic rings. The van der Waals surface area contributed by atoms with Crippen molar-refractivity contribution in [3.8, 4) is 5.75 Å². The lowest BCUT2D eigenvalue weighted by Gasteiger charge is -2.07. The van der Waals surface area contributed by atoms with Crippen molar-refractivity contribution in [2.45, 2.75) is 6.42 Å². The number of fused-ring (bicyclic) bond motifs is 1. The molecule has 1 aliphatic heterocycles. The van der Waals surface area contributed by atoms with E-state index in [-0.39, 0.29) is 0 Å². The Morgan fingerprint density at radius 2 is 2.38 bits per heavy atom. The quantitative estimate of drug-likeness (QED) is 0.721. The molecular weight excluding hydrogens is 298 g/mol. The molecule has 0 unspecified atom stereocenters. The number of benzene rings is 1. The molecule has 2 rings (SSSR count). The molecule has 0 aliphatic carbocycles. The summed E-state index contributed by atoms with van der Waals surface area (Å²) in [6, 6.07) is 1.92. The van der Waals surface area contributed by atoms with E-state index in [0.717, 1.165) is 27.9 Å². The van der Waals surface area contributed by atoms with Gasteiger partial charge in [0.1, 0.15) is 5.75 Å². The number of hydrogen-bond acceptors (Lipinski definition) is 1. The van der Waals surface area contributed by atoms with Crippen LogP contribution in [0.25, 0.3) is 6.08 Å². The maximum absolute atomic E-state index is 6.04. The first kappa shape index (κ1) is 9.34. The fourth-order valence-corrected chi connectivity index (χ4v) is 2.86. The molecule has 1 heterocycles. The van der Waals surface area contributed by atoms with Crippen molar-refractivity contribution in [1.29, 1.82) is 0 Å². The van der Waals surface area contributed by atoms with Crippen LogP contribution in [0.2, 0.25) is 5.02 Å². The van der Waals surface area contributed by atoms with Gasteiger partial charge in [-0.3, -0.25) is 0 Å². The van der Waals surface area contributed by atoms with Gasteiger partial charge in [0, 0.05) is 15.6 Å². The number of ether oxygens (including phenoxy) is 1. The van der Waals surface area contributed by atoms with Crippen molar-refractivity contribution in [3.63, 3.8) is 0 Å². The first-order valence-electron chi connectivity index (χ1n) is 4.00. The molecule has 0 radical (unpaired) electrons. The van der Waals surface area contributed by atoms with Crippen LogP contribution in [0.4, 0.5) is 0 Å². The minimum Gasteiger partial charge on any atom is -0.491 e. The van der Waals surface area contributed by atoms with E-state index >= 15 is 0 Å². The average Bonchev–Trinajstić information content (AvgIpc) is 2.53. The zero-order valence-corrected chi connectivity index (χ0v) is 9.85.